The lowest BCUT2D eigenvalue weighted by Gasteiger charge is -2.33. The van der Waals surface area contributed by atoms with Gasteiger partial charge in [-0.2, -0.15) is 9.78 Å². The number of benzene rings is 1. The number of hydrogen-bond donors (Lipinski definition) is 2. The maximum absolute atomic E-state index is 12.9. The summed E-state index contributed by atoms with van der Waals surface area (Å²) in [5.74, 6) is 0.261. The fraction of sp³-hybridized carbons (Fsp3) is 0.455. The molecule has 0 unspecified atom stereocenters. The molecule has 0 radical (unpaired) electrons. The molecule has 1 aliphatic rings. The van der Waals surface area contributed by atoms with E-state index in [4.69, 9.17) is 10.4 Å². The van der Waals surface area contributed by atoms with Crippen LogP contribution in [0.3, 0.4) is 0 Å². The summed E-state index contributed by atoms with van der Waals surface area (Å²) in [5.41, 5.74) is 11.3. The Balaban J connectivity index is 1.55. The summed E-state index contributed by atoms with van der Waals surface area (Å²) in [6, 6.07) is 8.40. The van der Waals surface area contributed by atoms with Crippen LogP contribution in [0.15, 0.2) is 34.0 Å². The van der Waals surface area contributed by atoms with Crippen LogP contribution >= 0.6 is 0 Å². The summed E-state index contributed by atoms with van der Waals surface area (Å²) < 4.78 is 6.13. The lowest BCUT2D eigenvalue weighted by Crippen LogP contribution is -2.38. The Labute approximate surface area is 192 Å². The van der Waals surface area contributed by atoms with Crippen molar-refractivity contribution in [2.75, 3.05) is 12.3 Å². The molecule has 0 bridgehead atoms. The first-order valence-corrected chi connectivity index (χ1v) is 11.1. The van der Waals surface area contributed by atoms with E-state index in [1.165, 1.54) is 16.7 Å². The number of hydrazone groups is 1. The number of carbonyl (C=O) groups excluding carboxylic acids is 1. The van der Waals surface area contributed by atoms with Gasteiger partial charge in [0.25, 0.3) is 5.91 Å². The topological polar surface area (TPSA) is 140 Å². The van der Waals surface area contributed by atoms with Crippen molar-refractivity contribution >= 4 is 17.9 Å². The van der Waals surface area contributed by atoms with Gasteiger partial charge in [-0.15, -0.1) is 5.10 Å². The minimum atomic E-state index is -0.467. The third-order valence-corrected chi connectivity index (χ3v) is 5.95. The van der Waals surface area contributed by atoms with Crippen LogP contribution in [-0.2, 0) is 6.54 Å². The van der Waals surface area contributed by atoms with Gasteiger partial charge in [-0.3, -0.25) is 9.69 Å². The molecule has 1 amide bonds. The number of amides is 1. The predicted molar refractivity (Wildman–Crippen MR) is 123 cm³/mol. The van der Waals surface area contributed by atoms with E-state index in [9.17, 15) is 4.79 Å². The van der Waals surface area contributed by atoms with E-state index in [1.54, 1.807) is 6.21 Å². The fourth-order valence-corrected chi connectivity index (χ4v) is 3.90. The summed E-state index contributed by atoms with van der Waals surface area (Å²) in [7, 11) is 0. The van der Waals surface area contributed by atoms with Crippen molar-refractivity contribution in [2.24, 2.45) is 5.10 Å². The first-order chi connectivity index (χ1) is 15.9. The maximum atomic E-state index is 12.9. The fourth-order valence-electron chi connectivity index (χ4n) is 3.90. The molecule has 1 aromatic carbocycles. The standard InChI is InChI=1S/C22H29N9O2/c1-14(2)17-9-7-16(8-10-17)12-24-26-22(32)19-18(13-30-11-5-4-6-15(30)3)31(29-25-19)21-20(23)27-33-28-21/h7-10,12,14-15H,4-6,11,13H2,1-3H3,(H2,23,27)(H,26,32)/b24-12+/t15-/m0/s1. The lowest BCUT2D eigenvalue weighted by molar-refractivity contribution is 0.0945. The van der Waals surface area contributed by atoms with E-state index in [0.717, 1.165) is 24.9 Å². The highest BCUT2D eigenvalue weighted by atomic mass is 16.6. The summed E-state index contributed by atoms with van der Waals surface area (Å²) in [5, 5.41) is 19.7. The second-order valence-electron chi connectivity index (χ2n) is 8.61. The highest BCUT2D eigenvalue weighted by Crippen LogP contribution is 2.22. The average Bonchev–Trinajstić information content (AvgIpc) is 3.41. The molecule has 0 saturated carbocycles. The number of piperidine rings is 1. The number of nitrogens with one attached hydrogen (secondary N) is 1. The monoisotopic (exact) mass is 451 g/mol. The molecule has 1 atom stereocenters. The molecule has 3 heterocycles. The summed E-state index contributed by atoms with van der Waals surface area (Å²) in [6.45, 7) is 7.84. The van der Waals surface area contributed by atoms with Crippen LogP contribution in [-0.4, -0.2) is 54.9 Å². The summed E-state index contributed by atoms with van der Waals surface area (Å²) in [4.78, 5) is 15.2. The van der Waals surface area contributed by atoms with Crippen molar-refractivity contribution in [2.45, 2.75) is 58.5 Å². The van der Waals surface area contributed by atoms with Gasteiger partial charge in [0.05, 0.1) is 11.9 Å². The van der Waals surface area contributed by atoms with Gasteiger partial charge in [0, 0.05) is 12.6 Å². The molecule has 4 rings (SSSR count). The van der Waals surface area contributed by atoms with Gasteiger partial charge < -0.3 is 5.73 Å². The minimum absolute atomic E-state index is 0.0719. The first kappa shape index (κ1) is 22.6. The Hall–Kier alpha value is -3.60. The molecule has 11 nitrogen and oxygen atoms in total. The van der Waals surface area contributed by atoms with Gasteiger partial charge in [0.15, 0.2) is 5.69 Å². The third kappa shape index (κ3) is 5.08. The molecular formula is C22H29N9O2. The smallest absolute Gasteiger partial charge is 0.293 e. The second-order valence-corrected chi connectivity index (χ2v) is 8.61. The molecule has 11 heteroatoms. The number of nitrogens with zero attached hydrogens (tertiary/aromatic N) is 7. The van der Waals surface area contributed by atoms with Crippen LogP contribution in [0.4, 0.5) is 5.82 Å². The molecule has 174 valence electrons. The second kappa shape index (κ2) is 9.90. The van der Waals surface area contributed by atoms with Gasteiger partial charge >= 0.3 is 0 Å². The first-order valence-electron chi connectivity index (χ1n) is 11.1. The number of likely N-dealkylation sites (tertiary alicyclic amines) is 1. The van der Waals surface area contributed by atoms with E-state index in [0.29, 0.717) is 24.2 Å². The molecule has 3 N–H and O–H groups in total. The SMILES string of the molecule is CC(C)c1ccc(/C=N/NC(=O)c2nnn(-c3nonc3N)c2CN2CCCC[C@@H]2C)cc1. The Morgan fingerprint density at radius 3 is 2.76 bits per heavy atom. The van der Waals surface area contributed by atoms with Crippen LogP contribution in [0.2, 0.25) is 0 Å². The highest BCUT2D eigenvalue weighted by Gasteiger charge is 2.28. The van der Waals surface area contributed by atoms with E-state index in [2.05, 4.69) is 56.8 Å². The Morgan fingerprint density at radius 2 is 2.09 bits per heavy atom. The summed E-state index contributed by atoms with van der Waals surface area (Å²) in [6.07, 6.45) is 4.98. The molecule has 33 heavy (non-hydrogen) atoms. The van der Waals surface area contributed by atoms with Crippen molar-refractivity contribution in [3.63, 3.8) is 0 Å². The van der Waals surface area contributed by atoms with E-state index >= 15 is 0 Å². The normalized spacial score (nSPS) is 17.2. The molecule has 0 aliphatic carbocycles. The number of aromatic nitrogens is 5. The number of nitrogen functional groups attached to an aromatic ring is 1. The van der Waals surface area contributed by atoms with Crippen LogP contribution < -0.4 is 11.2 Å². The average molecular weight is 452 g/mol. The number of hydrogen-bond acceptors (Lipinski definition) is 9. The largest absolute Gasteiger partial charge is 0.378 e. The molecule has 3 aromatic rings. The zero-order valence-electron chi connectivity index (χ0n) is 19.1. The maximum Gasteiger partial charge on any atom is 0.293 e. The quantitative estimate of drug-likeness (QED) is 0.412. The zero-order chi connectivity index (χ0) is 23.4. The molecular weight excluding hydrogens is 422 g/mol. The Morgan fingerprint density at radius 1 is 1.30 bits per heavy atom. The van der Waals surface area contributed by atoms with Gasteiger partial charge in [-0.25, -0.2) is 10.1 Å². The van der Waals surface area contributed by atoms with Gasteiger partial charge in [-0.05, 0) is 53.7 Å². The van der Waals surface area contributed by atoms with Crippen molar-refractivity contribution in [3.8, 4) is 5.82 Å². The molecule has 0 spiro atoms. The predicted octanol–water partition coefficient (Wildman–Crippen LogP) is 2.49. The highest BCUT2D eigenvalue weighted by molar-refractivity contribution is 5.94. The van der Waals surface area contributed by atoms with Crippen molar-refractivity contribution in [1.82, 2.24) is 35.6 Å². The Kier molecular flexibility index (Phi) is 6.78. The molecule has 1 fully saturated rings. The molecule has 1 saturated heterocycles. The lowest BCUT2D eigenvalue weighted by atomic mass is 10.0. The number of rotatable bonds is 7. The number of carbonyl (C=O) groups is 1. The van der Waals surface area contributed by atoms with Crippen LogP contribution in [0.25, 0.3) is 5.82 Å². The summed E-state index contributed by atoms with van der Waals surface area (Å²) >= 11 is 0. The van der Waals surface area contributed by atoms with Crippen LogP contribution in [0.1, 0.15) is 73.3 Å². The molecule has 2 aromatic heterocycles. The van der Waals surface area contributed by atoms with Crippen molar-refractivity contribution in [1.29, 1.82) is 0 Å². The van der Waals surface area contributed by atoms with E-state index < -0.39 is 5.91 Å². The van der Waals surface area contributed by atoms with Gasteiger partial charge in [-0.1, -0.05) is 49.7 Å². The number of nitrogens with two attached hydrogens (primary N) is 1. The number of anilines is 1. The van der Waals surface area contributed by atoms with E-state index in [1.807, 2.05) is 24.3 Å². The van der Waals surface area contributed by atoms with Crippen LogP contribution in [0.5, 0.6) is 0 Å². The van der Waals surface area contributed by atoms with Gasteiger partial charge in [0.2, 0.25) is 11.6 Å². The van der Waals surface area contributed by atoms with Gasteiger partial charge in [0.1, 0.15) is 0 Å². The molecule has 1 aliphatic heterocycles. The van der Waals surface area contributed by atoms with E-state index in [-0.39, 0.29) is 17.3 Å². The van der Waals surface area contributed by atoms with Crippen molar-refractivity contribution < 1.29 is 9.42 Å². The van der Waals surface area contributed by atoms with Crippen molar-refractivity contribution in [3.05, 3.63) is 46.8 Å². The zero-order valence-corrected chi connectivity index (χ0v) is 19.1. The third-order valence-electron chi connectivity index (χ3n) is 5.95. The minimum Gasteiger partial charge on any atom is -0.378 e. The van der Waals surface area contributed by atoms with Crippen LogP contribution in [0, 0.1) is 0 Å². The Bertz CT molecular complexity index is 1120.